The number of hydrogen-bond donors (Lipinski definition) is 1. The van der Waals surface area contributed by atoms with Crippen LogP contribution in [0.2, 0.25) is 0 Å². The summed E-state index contributed by atoms with van der Waals surface area (Å²) in [4.78, 5) is 6.81. The molecule has 0 unspecified atom stereocenters. The number of nitrogens with zero attached hydrogens (tertiary/aromatic N) is 2. The largest absolute Gasteiger partial charge is 0.493 e. The Kier molecular flexibility index (Phi) is 7.60. The molecule has 1 N–H and O–H groups in total. The van der Waals surface area contributed by atoms with Crippen molar-refractivity contribution in [3.05, 3.63) is 194 Å². The van der Waals surface area contributed by atoms with Gasteiger partial charge in [0, 0.05) is 33.5 Å². The number of aliphatic imine (C=N–C) groups is 1. The zero-order valence-corrected chi connectivity index (χ0v) is 27.6. The summed E-state index contributed by atoms with van der Waals surface area (Å²) >= 11 is 0. The molecule has 0 saturated carbocycles. The average Bonchev–Trinajstić information content (AvgIpc) is 3.58. The fourth-order valence-corrected chi connectivity index (χ4v) is 6.98. The van der Waals surface area contributed by atoms with Gasteiger partial charge in [0.2, 0.25) is 5.90 Å². The number of anilines is 3. The predicted molar refractivity (Wildman–Crippen MR) is 212 cm³/mol. The van der Waals surface area contributed by atoms with Crippen molar-refractivity contribution in [2.24, 2.45) is 4.99 Å². The molecule has 9 rings (SSSR count). The molecule has 0 amide bonds. The first kappa shape index (κ1) is 30.2. The number of rotatable bonds is 7. The highest BCUT2D eigenvalue weighted by Crippen LogP contribution is 2.46. The molecule has 0 spiro atoms. The maximum atomic E-state index is 10.7. The van der Waals surface area contributed by atoms with Crippen molar-refractivity contribution in [2.45, 2.75) is 0 Å². The van der Waals surface area contributed by atoms with E-state index in [0.29, 0.717) is 16.8 Å². The summed E-state index contributed by atoms with van der Waals surface area (Å²) in [7, 11) is 0. The Bertz CT molecular complexity index is 2680. The first-order chi connectivity index (χ1) is 25.2. The highest BCUT2D eigenvalue weighted by Gasteiger charge is 2.22. The summed E-state index contributed by atoms with van der Waals surface area (Å²) in [6.07, 6.45) is 0. The molecule has 0 aliphatic heterocycles. The molecule has 4 nitrogen and oxygen atoms in total. The van der Waals surface area contributed by atoms with E-state index in [0.717, 1.165) is 44.4 Å². The normalized spacial score (nSPS) is 11.7. The van der Waals surface area contributed by atoms with E-state index in [9.17, 15) is 5.11 Å². The summed E-state index contributed by atoms with van der Waals surface area (Å²) in [5.41, 5.74) is 10.4. The van der Waals surface area contributed by atoms with E-state index in [1.807, 2.05) is 54.6 Å². The van der Waals surface area contributed by atoms with Crippen LogP contribution < -0.4 is 4.90 Å². The second-order valence-electron chi connectivity index (χ2n) is 12.5. The molecule has 4 heteroatoms. The van der Waals surface area contributed by atoms with Crippen molar-refractivity contribution in [1.29, 1.82) is 0 Å². The van der Waals surface area contributed by atoms with Crippen LogP contribution >= 0.6 is 0 Å². The Balaban J connectivity index is 1.24. The maximum Gasteiger partial charge on any atom is 0.218 e. The van der Waals surface area contributed by atoms with E-state index in [2.05, 4.69) is 143 Å². The fraction of sp³-hybridized carbons (Fsp3) is 0. The standard InChI is InChI=1S/C47H32N2O2/c50-47(35-17-8-3-9-18-35)48-36-25-28-41-42-21-12-22-44(46(42)51-45(41)31-36)49(37-26-23-33(24-27-37)32-13-4-1-5-14-32)43-30-29-38(34-15-6-2-7-16-34)39-19-10-11-20-40(39)43/h1-31H,(H,48,50). The lowest BCUT2D eigenvalue weighted by Crippen LogP contribution is -2.11. The fourth-order valence-electron chi connectivity index (χ4n) is 6.98. The van der Waals surface area contributed by atoms with Gasteiger partial charge >= 0.3 is 0 Å². The molecular formula is C47H32N2O2. The van der Waals surface area contributed by atoms with E-state index >= 15 is 0 Å². The molecule has 0 bridgehead atoms. The summed E-state index contributed by atoms with van der Waals surface area (Å²) in [5.74, 6) is -0.0392. The average molecular weight is 657 g/mol. The lowest BCUT2D eigenvalue weighted by atomic mass is 9.96. The van der Waals surface area contributed by atoms with Gasteiger partial charge in [0.1, 0.15) is 5.58 Å². The van der Waals surface area contributed by atoms with Gasteiger partial charge in [0.15, 0.2) is 5.58 Å². The van der Waals surface area contributed by atoms with Crippen LogP contribution in [0.25, 0.3) is 55.0 Å². The first-order valence-electron chi connectivity index (χ1n) is 17.0. The van der Waals surface area contributed by atoms with Crippen molar-refractivity contribution in [3.8, 4) is 22.3 Å². The third kappa shape index (κ3) is 5.59. The molecule has 0 aliphatic rings. The quantitative estimate of drug-likeness (QED) is 0.137. The smallest absolute Gasteiger partial charge is 0.218 e. The first-order valence-corrected chi connectivity index (χ1v) is 17.0. The molecule has 9 aromatic rings. The Labute approximate surface area is 295 Å². The van der Waals surface area contributed by atoms with Crippen LogP contribution in [0.15, 0.2) is 197 Å². The zero-order chi connectivity index (χ0) is 34.1. The van der Waals surface area contributed by atoms with Crippen LogP contribution in [0.1, 0.15) is 5.56 Å². The number of aliphatic hydroxyl groups is 1. The van der Waals surface area contributed by atoms with Crippen molar-refractivity contribution in [2.75, 3.05) is 4.90 Å². The molecule has 0 aliphatic carbocycles. The highest BCUT2D eigenvalue weighted by molar-refractivity contribution is 6.13. The van der Waals surface area contributed by atoms with Crippen molar-refractivity contribution in [3.63, 3.8) is 0 Å². The van der Waals surface area contributed by atoms with Gasteiger partial charge in [0.25, 0.3) is 0 Å². The molecule has 0 fully saturated rings. The Morgan fingerprint density at radius 2 is 1.10 bits per heavy atom. The summed E-state index contributed by atoms with van der Waals surface area (Å²) in [6.45, 7) is 0. The Morgan fingerprint density at radius 1 is 0.471 bits per heavy atom. The Morgan fingerprint density at radius 3 is 1.84 bits per heavy atom. The number of benzene rings is 8. The minimum absolute atomic E-state index is 0.0392. The van der Waals surface area contributed by atoms with Crippen LogP contribution in [0.4, 0.5) is 22.7 Å². The predicted octanol–water partition coefficient (Wildman–Crippen LogP) is 13.2. The van der Waals surface area contributed by atoms with E-state index < -0.39 is 0 Å². The molecule has 1 aromatic heterocycles. The molecule has 0 radical (unpaired) electrons. The molecular weight excluding hydrogens is 625 g/mol. The molecule has 242 valence electrons. The van der Waals surface area contributed by atoms with Crippen molar-refractivity contribution >= 4 is 61.4 Å². The van der Waals surface area contributed by atoms with Gasteiger partial charge in [-0.25, -0.2) is 4.99 Å². The van der Waals surface area contributed by atoms with Gasteiger partial charge in [-0.3, -0.25) is 0 Å². The number of fused-ring (bicyclic) bond motifs is 4. The van der Waals surface area contributed by atoms with Gasteiger partial charge in [0.05, 0.1) is 17.1 Å². The van der Waals surface area contributed by atoms with Gasteiger partial charge in [-0.15, -0.1) is 0 Å². The summed E-state index contributed by atoms with van der Waals surface area (Å²) < 4.78 is 6.74. The van der Waals surface area contributed by atoms with E-state index in [1.54, 1.807) is 0 Å². The lowest BCUT2D eigenvalue weighted by Gasteiger charge is -2.27. The van der Waals surface area contributed by atoms with E-state index in [-0.39, 0.29) is 5.90 Å². The lowest BCUT2D eigenvalue weighted by molar-refractivity contribution is 0.555. The third-order valence-corrected chi connectivity index (χ3v) is 9.43. The third-order valence-electron chi connectivity index (χ3n) is 9.43. The van der Waals surface area contributed by atoms with Gasteiger partial charge in [-0.1, -0.05) is 133 Å². The molecule has 0 saturated heterocycles. The topological polar surface area (TPSA) is 49.0 Å². The number of hydrogen-bond acceptors (Lipinski definition) is 3. The van der Waals surface area contributed by atoms with Crippen molar-refractivity contribution in [1.82, 2.24) is 0 Å². The summed E-state index contributed by atoms with van der Waals surface area (Å²) in [5, 5.41) is 15.0. The van der Waals surface area contributed by atoms with Gasteiger partial charge < -0.3 is 14.4 Å². The van der Waals surface area contributed by atoms with E-state index in [1.165, 1.54) is 22.1 Å². The molecule has 51 heavy (non-hydrogen) atoms. The Hall–Kier alpha value is -6.91. The van der Waals surface area contributed by atoms with Crippen molar-refractivity contribution < 1.29 is 9.52 Å². The van der Waals surface area contributed by atoms with Gasteiger partial charge in [-0.05, 0) is 76.2 Å². The van der Waals surface area contributed by atoms with Crippen LogP contribution in [0.3, 0.4) is 0 Å². The number of aliphatic hydroxyl groups excluding tert-OH is 1. The second kappa shape index (κ2) is 12.8. The number of para-hydroxylation sites is 1. The minimum Gasteiger partial charge on any atom is -0.493 e. The number of furan rings is 1. The van der Waals surface area contributed by atoms with Gasteiger partial charge in [-0.2, -0.15) is 0 Å². The van der Waals surface area contributed by atoms with Crippen LogP contribution in [-0.4, -0.2) is 11.0 Å². The molecule has 8 aromatic carbocycles. The van der Waals surface area contributed by atoms with Crippen LogP contribution in [0, 0.1) is 0 Å². The molecule has 1 heterocycles. The zero-order valence-electron chi connectivity index (χ0n) is 27.6. The second-order valence-corrected chi connectivity index (χ2v) is 12.5. The highest BCUT2D eigenvalue weighted by atomic mass is 16.3. The maximum absolute atomic E-state index is 10.7. The minimum atomic E-state index is -0.0392. The monoisotopic (exact) mass is 656 g/mol. The summed E-state index contributed by atoms with van der Waals surface area (Å²) in [6, 6.07) is 64.2. The van der Waals surface area contributed by atoms with Crippen LogP contribution in [-0.2, 0) is 0 Å². The van der Waals surface area contributed by atoms with E-state index in [4.69, 9.17) is 4.42 Å². The molecule has 0 atom stereocenters. The SMILES string of the molecule is OC(=Nc1ccc2c(c1)oc1c(N(c3ccc(-c4ccccc4)cc3)c3ccc(-c4ccccc4)c4ccccc34)cccc12)c1ccccc1. The van der Waals surface area contributed by atoms with Crippen LogP contribution in [0.5, 0.6) is 0 Å².